The summed E-state index contributed by atoms with van der Waals surface area (Å²) in [6, 6.07) is 3.40. The van der Waals surface area contributed by atoms with Gasteiger partial charge in [-0.3, -0.25) is 0 Å². The Morgan fingerprint density at radius 1 is 1.11 bits per heavy atom. The first-order valence-electron chi connectivity index (χ1n) is 5.54. The van der Waals surface area contributed by atoms with Crippen LogP contribution in [0.5, 0.6) is 17.2 Å². The van der Waals surface area contributed by atoms with Crippen molar-refractivity contribution in [3.8, 4) is 17.2 Å². The van der Waals surface area contributed by atoms with Crippen LogP contribution in [0, 0.1) is 0 Å². The SMILES string of the molecule is COc1cc(C2CNC(=O)N2)cc(OC)c1OC. The lowest BCUT2D eigenvalue weighted by Gasteiger charge is -2.16. The van der Waals surface area contributed by atoms with Crippen LogP contribution < -0.4 is 24.8 Å². The zero-order valence-corrected chi connectivity index (χ0v) is 10.6. The van der Waals surface area contributed by atoms with E-state index < -0.39 is 0 Å². The van der Waals surface area contributed by atoms with Crippen molar-refractivity contribution in [1.29, 1.82) is 0 Å². The van der Waals surface area contributed by atoms with Crippen LogP contribution in [0.3, 0.4) is 0 Å². The maximum atomic E-state index is 11.1. The summed E-state index contributed by atoms with van der Waals surface area (Å²) in [6.07, 6.45) is 0. The predicted octanol–water partition coefficient (Wildman–Crippen LogP) is 1.07. The van der Waals surface area contributed by atoms with Gasteiger partial charge in [-0.25, -0.2) is 4.79 Å². The van der Waals surface area contributed by atoms with E-state index in [0.29, 0.717) is 23.8 Å². The van der Waals surface area contributed by atoms with Crippen LogP contribution >= 0.6 is 0 Å². The van der Waals surface area contributed by atoms with Gasteiger partial charge < -0.3 is 24.8 Å². The van der Waals surface area contributed by atoms with E-state index in [2.05, 4.69) is 10.6 Å². The van der Waals surface area contributed by atoms with E-state index >= 15 is 0 Å². The second-order valence-corrected chi connectivity index (χ2v) is 3.87. The first-order chi connectivity index (χ1) is 8.69. The Kier molecular flexibility index (Phi) is 3.45. The quantitative estimate of drug-likeness (QED) is 0.841. The van der Waals surface area contributed by atoms with Crippen molar-refractivity contribution in [3.63, 3.8) is 0 Å². The van der Waals surface area contributed by atoms with E-state index in [9.17, 15) is 4.79 Å². The number of hydrogen-bond acceptors (Lipinski definition) is 4. The molecule has 2 rings (SSSR count). The van der Waals surface area contributed by atoms with Crippen LogP contribution in [-0.4, -0.2) is 33.9 Å². The lowest BCUT2D eigenvalue weighted by Crippen LogP contribution is -2.21. The molecule has 0 bridgehead atoms. The summed E-state index contributed by atoms with van der Waals surface area (Å²) in [5.41, 5.74) is 0.905. The summed E-state index contributed by atoms with van der Waals surface area (Å²) in [4.78, 5) is 11.1. The number of urea groups is 1. The van der Waals surface area contributed by atoms with E-state index in [1.807, 2.05) is 12.1 Å². The van der Waals surface area contributed by atoms with Crippen molar-refractivity contribution in [3.05, 3.63) is 17.7 Å². The van der Waals surface area contributed by atoms with Crippen LogP contribution in [0.25, 0.3) is 0 Å². The molecule has 0 spiro atoms. The Morgan fingerprint density at radius 2 is 1.72 bits per heavy atom. The van der Waals surface area contributed by atoms with Crippen LogP contribution in [0.15, 0.2) is 12.1 Å². The smallest absolute Gasteiger partial charge is 0.315 e. The minimum atomic E-state index is -0.172. The van der Waals surface area contributed by atoms with Gasteiger partial charge in [0.2, 0.25) is 5.75 Å². The third-order valence-electron chi connectivity index (χ3n) is 2.86. The fourth-order valence-electron chi connectivity index (χ4n) is 1.96. The van der Waals surface area contributed by atoms with Crippen molar-refractivity contribution in [2.24, 2.45) is 0 Å². The van der Waals surface area contributed by atoms with E-state index in [1.54, 1.807) is 21.3 Å². The number of hydrogen-bond donors (Lipinski definition) is 2. The van der Waals surface area contributed by atoms with Gasteiger partial charge in [0.05, 0.1) is 27.4 Å². The Balaban J connectivity index is 2.40. The number of carbonyl (C=O) groups is 1. The van der Waals surface area contributed by atoms with Gasteiger partial charge in [-0.05, 0) is 17.7 Å². The summed E-state index contributed by atoms with van der Waals surface area (Å²) in [7, 11) is 4.68. The van der Waals surface area contributed by atoms with Gasteiger partial charge in [-0.15, -0.1) is 0 Å². The molecule has 1 aliphatic heterocycles. The maximum absolute atomic E-state index is 11.1. The minimum absolute atomic E-state index is 0.0915. The van der Waals surface area contributed by atoms with Crippen LogP contribution in [-0.2, 0) is 0 Å². The molecule has 2 amide bonds. The van der Waals surface area contributed by atoms with Crippen LogP contribution in [0.2, 0.25) is 0 Å². The molecule has 6 nitrogen and oxygen atoms in total. The monoisotopic (exact) mass is 252 g/mol. The van der Waals surface area contributed by atoms with E-state index in [0.717, 1.165) is 5.56 Å². The molecule has 1 fully saturated rings. The molecule has 0 radical (unpaired) electrons. The molecular formula is C12H16N2O4. The third kappa shape index (κ3) is 2.13. The van der Waals surface area contributed by atoms with Gasteiger partial charge in [0.15, 0.2) is 11.5 Å². The fraction of sp³-hybridized carbons (Fsp3) is 0.417. The van der Waals surface area contributed by atoms with Crippen molar-refractivity contribution in [1.82, 2.24) is 10.6 Å². The third-order valence-corrected chi connectivity index (χ3v) is 2.86. The molecule has 1 aromatic carbocycles. The van der Waals surface area contributed by atoms with E-state index in [4.69, 9.17) is 14.2 Å². The van der Waals surface area contributed by atoms with Crippen molar-refractivity contribution in [2.75, 3.05) is 27.9 Å². The molecule has 1 unspecified atom stereocenters. The van der Waals surface area contributed by atoms with E-state index in [-0.39, 0.29) is 12.1 Å². The van der Waals surface area contributed by atoms with Crippen molar-refractivity contribution < 1.29 is 19.0 Å². The molecule has 98 valence electrons. The molecule has 1 saturated heterocycles. The molecular weight excluding hydrogens is 236 g/mol. The van der Waals surface area contributed by atoms with Gasteiger partial charge in [-0.1, -0.05) is 0 Å². The average molecular weight is 252 g/mol. The summed E-state index contributed by atoms with van der Waals surface area (Å²) in [6.45, 7) is 0.539. The highest BCUT2D eigenvalue weighted by atomic mass is 16.5. The van der Waals surface area contributed by atoms with Gasteiger partial charge in [0.25, 0.3) is 0 Å². The first kappa shape index (κ1) is 12.3. The number of ether oxygens (including phenoxy) is 3. The van der Waals surface area contributed by atoms with Crippen molar-refractivity contribution in [2.45, 2.75) is 6.04 Å². The predicted molar refractivity (Wildman–Crippen MR) is 65.4 cm³/mol. The molecule has 1 atom stereocenters. The highest BCUT2D eigenvalue weighted by molar-refractivity contribution is 5.77. The molecule has 2 N–H and O–H groups in total. The summed E-state index contributed by atoms with van der Waals surface area (Å²) < 4.78 is 15.8. The Labute approximate surface area is 105 Å². The average Bonchev–Trinajstić information content (AvgIpc) is 2.83. The van der Waals surface area contributed by atoms with Crippen molar-refractivity contribution >= 4 is 6.03 Å². The topological polar surface area (TPSA) is 68.8 Å². The number of methoxy groups -OCH3 is 3. The summed E-state index contributed by atoms with van der Waals surface area (Å²) in [5, 5.41) is 5.52. The summed E-state index contributed by atoms with van der Waals surface area (Å²) >= 11 is 0. The Hall–Kier alpha value is -2.11. The Bertz CT molecular complexity index is 436. The summed E-state index contributed by atoms with van der Waals surface area (Å²) in [5.74, 6) is 1.70. The number of rotatable bonds is 4. The molecule has 1 heterocycles. The zero-order chi connectivity index (χ0) is 13.1. The second-order valence-electron chi connectivity index (χ2n) is 3.87. The second kappa shape index (κ2) is 5.03. The normalized spacial score (nSPS) is 17.9. The molecule has 18 heavy (non-hydrogen) atoms. The first-order valence-corrected chi connectivity index (χ1v) is 5.54. The van der Waals surface area contributed by atoms with Crippen LogP contribution in [0.4, 0.5) is 4.79 Å². The molecule has 0 saturated carbocycles. The Morgan fingerprint density at radius 3 is 2.11 bits per heavy atom. The number of amides is 2. The number of nitrogens with one attached hydrogen (secondary N) is 2. The largest absolute Gasteiger partial charge is 0.493 e. The fourth-order valence-corrected chi connectivity index (χ4v) is 1.96. The lowest BCUT2D eigenvalue weighted by atomic mass is 10.1. The number of carbonyl (C=O) groups excluding carboxylic acids is 1. The molecule has 6 heteroatoms. The van der Waals surface area contributed by atoms with Gasteiger partial charge in [0, 0.05) is 6.54 Å². The molecule has 0 aliphatic carbocycles. The highest BCUT2D eigenvalue weighted by Gasteiger charge is 2.24. The molecule has 0 aromatic heterocycles. The molecule has 1 aromatic rings. The maximum Gasteiger partial charge on any atom is 0.315 e. The number of benzene rings is 1. The van der Waals surface area contributed by atoms with Gasteiger partial charge in [0.1, 0.15) is 0 Å². The standard InChI is InChI=1S/C12H16N2O4/c1-16-9-4-7(8-6-13-12(15)14-8)5-10(17-2)11(9)18-3/h4-5,8H,6H2,1-3H3,(H2,13,14,15). The van der Waals surface area contributed by atoms with Gasteiger partial charge >= 0.3 is 6.03 Å². The van der Waals surface area contributed by atoms with Gasteiger partial charge in [-0.2, -0.15) is 0 Å². The van der Waals surface area contributed by atoms with Crippen LogP contribution in [0.1, 0.15) is 11.6 Å². The highest BCUT2D eigenvalue weighted by Crippen LogP contribution is 2.39. The minimum Gasteiger partial charge on any atom is -0.493 e. The molecule has 1 aliphatic rings. The lowest BCUT2D eigenvalue weighted by molar-refractivity contribution is 0.247. The zero-order valence-electron chi connectivity index (χ0n) is 10.6. The van der Waals surface area contributed by atoms with E-state index in [1.165, 1.54) is 0 Å².